The fourth-order valence-electron chi connectivity index (χ4n) is 5.26. The summed E-state index contributed by atoms with van der Waals surface area (Å²) in [5.41, 5.74) is 8.59. The predicted molar refractivity (Wildman–Crippen MR) is 159 cm³/mol. The Balaban J connectivity index is 1.24. The fourth-order valence-corrected chi connectivity index (χ4v) is 5.26. The van der Waals surface area contributed by atoms with Gasteiger partial charge in [0.05, 0.1) is 36.4 Å². The van der Waals surface area contributed by atoms with Crippen LogP contribution in [0, 0.1) is 0 Å². The lowest BCUT2D eigenvalue weighted by atomic mass is 9.91. The maximum atomic E-state index is 5.17. The third-order valence-electron chi connectivity index (χ3n) is 7.57. The van der Waals surface area contributed by atoms with Gasteiger partial charge in [-0.15, -0.1) is 0 Å². The Morgan fingerprint density at radius 1 is 0.976 bits per heavy atom. The summed E-state index contributed by atoms with van der Waals surface area (Å²) >= 11 is 0. The molecule has 6 rings (SSSR count). The number of aryl methyl sites for hydroxylation is 4. The molecule has 0 bridgehead atoms. The Morgan fingerprint density at radius 2 is 1.80 bits per heavy atom. The highest BCUT2D eigenvalue weighted by molar-refractivity contribution is 5.85. The van der Waals surface area contributed by atoms with Crippen molar-refractivity contribution in [1.82, 2.24) is 44.2 Å². The summed E-state index contributed by atoms with van der Waals surface area (Å²) in [6, 6.07) is 10.6. The molecule has 0 unspecified atom stereocenters. The van der Waals surface area contributed by atoms with Gasteiger partial charge in [-0.05, 0) is 37.9 Å². The molecule has 4 heterocycles. The first-order chi connectivity index (χ1) is 20.0. The molecule has 1 aliphatic rings. The van der Waals surface area contributed by atoms with Crippen LogP contribution in [0.5, 0.6) is 0 Å². The van der Waals surface area contributed by atoms with E-state index in [0.29, 0.717) is 5.95 Å². The highest BCUT2D eigenvalue weighted by Crippen LogP contribution is 2.40. The van der Waals surface area contributed by atoms with Crippen LogP contribution in [-0.4, -0.2) is 78.1 Å². The molecule has 0 atom stereocenters. The summed E-state index contributed by atoms with van der Waals surface area (Å²) in [5, 5.41) is 17.2. The molecule has 1 aromatic carbocycles. The van der Waals surface area contributed by atoms with Gasteiger partial charge in [0.1, 0.15) is 0 Å². The molecule has 41 heavy (non-hydrogen) atoms. The number of nitrogens with one attached hydrogen (secondary N) is 1. The van der Waals surface area contributed by atoms with Crippen LogP contribution in [0.3, 0.4) is 0 Å². The van der Waals surface area contributed by atoms with E-state index in [2.05, 4.69) is 69.8 Å². The number of likely N-dealkylation sites (N-methyl/N-ethyl adjacent to an activating group) is 1. The number of fused-ring (bicyclic) bond motifs is 3. The molecule has 11 nitrogen and oxygen atoms in total. The van der Waals surface area contributed by atoms with Crippen LogP contribution >= 0.6 is 0 Å². The molecule has 0 aliphatic heterocycles. The number of anilines is 2. The average molecular weight is 553 g/mol. The molecule has 0 radical (unpaired) electrons. The van der Waals surface area contributed by atoms with Crippen LogP contribution in [0.2, 0.25) is 0 Å². The van der Waals surface area contributed by atoms with Gasteiger partial charge in [-0.25, -0.2) is 9.97 Å². The van der Waals surface area contributed by atoms with E-state index < -0.39 is 0 Å². The van der Waals surface area contributed by atoms with E-state index >= 15 is 0 Å². The molecule has 1 N–H and O–H groups in total. The van der Waals surface area contributed by atoms with Crippen LogP contribution in [0.1, 0.15) is 18.2 Å². The van der Waals surface area contributed by atoms with Crippen molar-refractivity contribution >= 4 is 11.8 Å². The van der Waals surface area contributed by atoms with Crippen LogP contribution in [0.25, 0.3) is 33.6 Å². The SMILES string of the molecule is CCn1ccc(Nc2ncc3c(n2)-c2c(nn(C)c2-c2ccc(-c4cnn(CCN(C)CCOC)c4)cc2)CC3)n1. The largest absolute Gasteiger partial charge is 0.383 e. The quantitative estimate of drug-likeness (QED) is 0.262. The van der Waals surface area contributed by atoms with Crippen LogP contribution < -0.4 is 5.32 Å². The van der Waals surface area contributed by atoms with Gasteiger partial charge in [-0.2, -0.15) is 15.3 Å². The highest BCUT2D eigenvalue weighted by Gasteiger charge is 2.27. The molecular formula is C30H36N10O. The van der Waals surface area contributed by atoms with Crippen molar-refractivity contribution in [3.8, 4) is 33.6 Å². The molecule has 0 saturated carbocycles. The maximum absolute atomic E-state index is 5.17. The standard InChI is InChI=1S/C30H36N10O/c1-5-39-13-12-26(36-39)33-30-31-18-23-10-11-25-27(28(23)34-30)29(38(3)35-25)22-8-6-21(7-9-22)24-19-32-40(20-24)15-14-37(2)16-17-41-4/h6-9,12-13,18-20H,5,10-11,14-17H2,1-4H3,(H,31,33,34,36). The Kier molecular flexibility index (Phi) is 7.62. The molecular weight excluding hydrogens is 516 g/mol. The zero-order valence-corrected chi connectivity index (χ0v) is 24.1. The van der Waals surface area contributed by atoms with Crippen LogP contribution in [0.4, 0.5) is 11.8 Å². The lowest BCUT2D eigenvalue weighted by Crippen LogP contribution is -2.26. The van der Waals surface area contributed by atoms with Gasteiger partial charge >= 0.3 is 0 Å². The summed E-state index contributed by atoms with van der Waals surface area (Å²) < 4.78 is 11.0. The summed E-state index contributed by atoms with van der Waals surface area (Å²) in [6.45, 7) is 6.25. The summed E-state index contributed by atoms with van der Waals surface area (Å²) in [4.78, 5) is 11.8. The second kappa shape index (κ2) is 11.6. The zero-order chi connectivity index (χ0) is 28.3. The number of hydrogen-bond acceptors (Lipinski definition) is 8. The lowest BCUT2D eigenvalue weighted by Gasteiger charge is -2.17. The first-order valence-corrected chi connectivity index (χ1v) is 14.1. The third kappa shape index (κ3) is 5.63. The second-order valence-corrected chi connectivity index (χ2v) is 10.4. The van der Waals surface area contributed by atoms with Crippen molar-refractivity contribution in [2.45, 2.75) is 32.9 Å². The first-order valence-electron chi connectivity index (χ1n) is 14.1. The van der Waals surface area contributed by atoms with E-state index in [0.717, 1.165) is 96.3 Å². The number of ether oxygens (including phenoxy) is 1. The van der Waals surface area contributed by atoms with Gasteiger partial charge in [0.25, 0.3) is 0 Å². The van der Waals surface area contributed by atoms with Gasteiger partial charge in [0.15, 0.2) is 5.82 Å². The average Bonchev–Trinajstić information content (AvgIpc) is 3.73. The first kappa shape index (κ1) is 26.9. The summed E-state index contributed by atoms with van der Waals surface area (Å²) in [5.74, 6) is 1.26. The van der Waals surface area contributed by atoms with E-state index in [4.69, 9.17) is 14.8 Å². The van der Waals surface area contributed by atoms with Gasteiger partial charge in [0.2, 0.25) is 5.95 Å². The molecule has 0 amide bonds. The van der Waals surface area contributed by atoms with Crippen molar-refractivity contribution in [1.29, 1.82) is 0 Å². The van der Waals surface area contributed by atoms with Gasteiger partial charge in [-0.3, -0.25) is 14.0 Å². The van der Waals surface area contributed by atoms with Crippen molar-refractivity contribution < 1.29 is 4.74 Å². The smallest absolute Gasteiger partial charge is 0.228 e. The van der Waals surface area contributed by atoms with Crippen molar-refractivity contribution in [3.63, 3.8) is 0 Å². The molecule has 1 aliphatic carbocycles. The topological polar surface area (TPSA) is 104 Å². The van der Waals surface area contributed by atoms with E-state index in [9.17, 15) is 0 Å². The number of benzene rings is 1. The number of aromatic nitrogens is 8. The van der Waals surface area contributed by atoms with E-state index in [-0.39, 0.29) is 0 Å². The normalized spacial score (nSPS) is 12.5. The summed E-state index contributed by atoms with van der Waals surface area (Å²) in [7, 11) is 5.84. The second-order valence-electron chi connectivity index (χ2n) is 10.4. The Morgan fingerprint density at radius 3 is 2.59 bits per heavy atom. The highest BCUT2D eigenvalue weighted by atomic mass is 16.5. The number of hydrogen-bond donors (Lipinski definition) is 1. The van der Waals surface area contributed by atoms with Crippen molar-refractivity contribution in [2.24, 2.45) is 7.05 Å². The number of rotatable bonds is 11. The zero-order valence-electron chi connectivity index (χ0n) is 24.1. The fraction of sp³-hybridized carbons (Fsp3) is 0.367. The molecule has 0 fully saturated rings. The summed E-state index contributed by atoms with van der Waals surface area (Å²) in [6.07, 6.45) is 9.64. The number of methoxy groups -OCH3 is 1. The van der Waals surface area contributed by atoms with Crippen molar-refractivity contribution in [3.05, 3.63) is 66.4 Å². The Labute approximate surface area is 239 Å². The van der Waals surface area contributed by atoms with Crippen LogP contribution in [-0.2, 0) is 37.7 Å². The molecule has 11 heteroatoms. The van der Waals surface area contributed by atoms with Crippen molar-refractivity contribution in [2.75, 3.05) is 39.2 Å². The van der Waals surface area contributed by atoms with E-state index in [1.165, 1.54) is 0 Å². The minimum atomic E-state index is 0.532. The molecule has 0 saturated heterocycles. The Hall–Kier alpha value is -4.35. The third-order valence-corrected chi connectivity index (χ3v) is 7.57. The maximum Gasteiger partial charge on any atom is 0.228 e. The van der Waals surface area contributed by atoms with E-state index in [1.54, 1.807) is 7.11 Å². The monoisotopic (exact) mass is 552 g/mol. The van der Waals surface area contributed by atoms with Crippen LogP contribution in [0.15, 0.2) is 55.1 Å². The predicted octanol–water partition coefficient (Wildman–Crippen LogP) is 4.04. The van der Waals surface area contributed by atoms with E-state index in [1.807, 2.05) is 45.7 Å². The molecule has 0 spiro atoms. The molecule has 212 valence electrons. The molecule has 4 aromatic heterocycles. The van der Waals surface area contributed by atoms with Gasteiger partial charge in [-0.1, -0.05) is 24.3 Å². The molecule has 5 aromatic rings. The Bertz CT molecular complexity index is 1630. The van der Waals surface area contributed by atoms with Gasteiger partial charge < -0.3 is 15.0 Å². The minimum Gasteiger partial charge on any atom is -0.383 e. The lowest BCUT2D eigenvalue weighted by molar-refractivity contribution is 0.159. The number of nitrogens with zero attached hydrogens (tertiary/aromatic N) is 9. The minimum absolute atomic E-state index is 0.532. The van der Waals surface area contributed by atoms with Gasteiger partial charge in [0, 0.05) is 75.1 Å².